The van der Waals surface area contributed by atoms with E-state index in [1.165, 1.54) is 0 Å². The van der Waals surface area contributed by atoms with Crippen molar-refractivity contribution >= 4 is 17.5 Å². The fraction of sp³-hybridized carbons (Fsp3) is 0.857. The number of rotatable bonds is 5. The highest BCUT2D eigenvalue weighted by molar-refractivity contribution is 7.98. The average molecular weight is 161 g/mol. The largest absolute Gasteiger partial charge is 0.310 e. The van der Waals surface area contributed by atoms with Crippen LogP contribution < -0.4 is 5.32 Å². The monoisotopic (exact) mass is 161 g/mol. The molecule has 0 bridgehead atoms. The highest BCUT2D eigenvalue weighted by Crippen LogP contribution is 1.99. The molecule has 0 aromatic rings. The molecule has 0 aromatic carbocycles. The van der Waals surface area contributed by atoms with Crippen LogP contribution in [0.25, 0.3) is 0 Å². The van der Waals surface area contributed by atoms with Gasteiger partial charge < -0.3 is 5.32 Å². The van der Waals surface area contributed by atoms with Gasteiger partial charge in [-0.15, -0.1) is 0 Å². The average Bonchev–Trinajstić information content (AvgIpc) is 1.99. The summed E-state index contributed by atoms with van der Waals surface area (Å²) in [5, 5.41) is 2.98. The van der Waals surface area contributed by atoms with Crippen molar-refractivity contribution in [3.05, 3.63) is 0 Å². The van der Waals surface area contributed by atoms with Crippen LogP contribution in [-0.4, -0.2) is 30.9 Å². The van der Waals surface area contributed by atoms with E-state index in [2.05, 4.69) is 5.32 Å². The molecule has 0 rings (SSSR count). The molecule has 1 N–H and O–H groups in total. The fourth-order valence-electron chi connectivity index (χ4n) is 0.750. The Morgan fingerprint density at radius 2 is 2.30 bits per heavy atom. The van der Waals surface area contributed by atoms with Crippen molar-refractivity contribution in [3.63, 3.8) is 0 Å². The van der Waals surface area contributed by atoms with Crippen molar-refractivity contribution in [3.8, 4) is 0 Å². The maximum Gasteiger partial charge on any atom is 0.150 e. The van der Waals surface area contributed by atoms with Crippen LogP contribution in [0.15, 0.2) is 0 Å². The molecule has 1 atom stereocenters. The summed E-state index contributed by atoms with van der Waals surface area (Å²) in [6, 6.07) is 0.0556. The fourth-order valence-corrected chi connectivity index (χ4v) is 1.44. The van der Waals surface area contributed by atoms with Gasteiger partial charge in [-0.3, -0.25) is 4.79 Å². The van der Waals surface area contributed by atoms with E-state index in [1.807, 2.05) is 20.2 Å². The first-order valence-electron chi connectivity index (χ1n) is 3.45. The van der Waals surface area contributed by atoms with Crippen molar-refractivity contribution in [2.24, 2.45) is 0 Å². The molecule has 0 amide bonds. The number of ketones is 1. The third-order valence-corrected chi connectivity index (χ3v) is 2.09. The molecule has 10 heavy (non-hydrogen) atoms. The van der Waals surface area contributed by atoms with Crippen LogP contribution in [-0.2, 0) is 4.79 Å². The second-order valence-corrected chi connectivity index (χ2v) is 3.03. The SMILES string of the molecule is CCC(=O)C(CSC)NC. The van der Waals surface area contributed by atoms with Crippen LogP contribution in [0.1, 0.15) is 13.3 Å². The highest BCUT2D eigenvalue weighted by atomic mass is 32.2. The van der Waals surface area contributed by atoms with Gasteiger partial charge in [0.25, 0.3) is 0 Å². The summed E-state index contributed by atoms with van der Waals surface area (Å²) in [7, 11) is 1.83. The van der Waals surface area contributed by atoms with E-state index in [0.29, 0.717) is 12.2 Å². The molecule has 0 spiro atoms. The lowest BCUT2D eigenvalue weighted by Crippen LogP contribution is -2.35. The van der Waals surface area contributed by atoms with Gasteiger partial charge in [0.05, 0.1) is 6.04 Å². The minimum Gasteiger partial charge on any atom is -0.310 e. The first-order chi connectivity index (χ1) is 4.76. The summed E-state index contributed by atoms with van der Waals surface area (Å²) in [5.74, 6) is 1.18. The first kappa shape index (κ1) is 9.98. The number of hydrogen-bond acceptors (Lipinski definition) is 3. The van der Waals surface area contributed by atoms with Crippen LogP contribution in [0.4, 0.5) is 0 Å². The Morgan fingerprint density at radius 1 is 1.70 bits per heavy atom. The molecule has 3 heteroatoms. The lowest BCUT2D eigenvalue weighted by Gasteiger charge is -2.11. The van der Waals surface area contributed by atoms with E-state index < -0.39 is 0 Å². The maximum absolute atomic E-state index is 11.1. The van der Waals surface area contributed by atoms with Gasteiger partial charge in [-0.25, -0.2) is 0 Å². The first-order valence-corrected chi connectivity index (χ1v) is 4.84. The van der Waals surface area contributed by atoms with Crippen LogP contribution in [0.5, 0.6) is 0 Å². The normalized spacial score (nSPS) is 13.1. The van der Waals surface area contributed by atoms with Gasteiger partial charge in [0.2, 0.25) is 0 Å². The molecule has 0 aliphatic rings. The number of carbonyl (C=O) groups excluding carboxylic acids is 1. The van der Waals surface area contributed by atoms with Gasteiger partial charge >= 0.3 is 0 Å². The van der Waals surface area contributed by atoms with E-state index in [-0.39, 0.29) is 6.04 Å². The summed E-state index contributed by atoms with van der Waals surface area (Å²) in [6.45, 7) is 1.90. The Morgan fingerprint density at radius 3 is 2.60 bits per heavy atom. The highest BCUT2D eigenvalue weighted by Gasteiger charge is 2.11. The molecule has 1 unspecified atom stereocenters. The Kier molecular flexibility index (Phi) is 5.73. The number of thioether (sulfide) groups is 1. The molecule has 60 valence electrons. The number of carbonyl (C=O) groups is 1. The molecular weight excluding hydrogens is 146 g/mol. The molecule has 0 radical (unpaired) electrons. The van der Waals surface area contributed by atoms with Gasteiger partial charge in [-0.05, 0) is 13.3 Å². The molecular formula is C7H15NOS. The Bertz CT molecular complexity index is 106. The smallest absolute Gasteiger partial charge is 0.150 e. The van der Waals surface area contributed by atoms with Crippen molar-refractivity contribution < 1.29 is 4.79 Å². The van der Waals surface area contributed by atoms with Gasteiger partial charge in [0.1, 0.15) is 5.78 Å². The topological polar surface area (TPSA) is 29.1 Å². The molecule has 0 saturated heterocycles. The number of Topliss-reactive ketones (excluding diaryl/α,β-unsaturated/α-hetero) is 1. The second kappa shape index (κ2) is 5.74. The van der Waals surface area contributed by atoms with Crippen LogP contribution >= 0.6 is 11.8 Å². The summed E-state index contributed by atoms with van der Waals surface area (Å²) in [4.78, 5) is 11.1. The Labute approximate surface area is 66.8 Å². The zero-order chi connectivity index (χ0) is 7.98. The summed E-state index contributed by atoms with van der Waals surface area (Å²) in [5.41, 5.74) is 0. The predicted octanol–water partition coefficient (Wildman–Crippen LogP) is 0.916. The standard InChI is InChI=1S/C7H15NOS/c1-4-7(9)6(8-2)5-10-3/h6,8H,4-5H2,1-3H3. The summed E-state index contributed by atoms with van der Waals surface area (Å²) in [6.07, 6.45) is 2.64. The van der Waals surface area contributed by atoms with Crippen molar-refractivity contribution in [1.29, 1.82) is 0 Å². The molecule has 0 aliphatic carbocycles. The minimum absolute atomic E-state index is 0.0556. The third kappa shape index (κ3) is 3.22. The number of likely N-dealkylation sites (N-methyl/N-ethyl adjacent to an activating group) is 1. The van der Waals surface area contributed by atoms with Gasteiger partial charge in [0, 0.05) is 12.2 Å². The zero-order valence-electron chi connectivity index (χ0n) is 6.81. The Balaban J connectivity index is 3.68. The van der Waals surface area contributed by atoms with E-state index in [4.69, 9.17) is 0 Å². The lowest BCUT2D eigenvalue weighted by atomic mass is 10.2. The van der Waals surface area contributed by atoms with E-state index >= 15 is 0 Å². The Hall–Kier alpha value is -0.0200. The van der Waals surface area contributed by atoms with Crippen LogP contribution in [0.2, 0.25) is 0 Å². The molecule has 0 aliphatic heterocycles. The molecule has 0 saturated carbocycles. The minimum atomic E-state index is 0.0556. The van der Waals surface area contributed by atoms with E-state index in [9.17, 15) is 4.79 Å². The van der Waals surface area contributed by atoms with Crippen LogP contribution in [0.3, 0.4) is 0 Å². The quantitative estimate of drug-likeness (QED) is 0.650. The predicted molar refractivity (Wildman–Crippen MR) is 46.5 cm³/mol. The molecule has 2 nitrogen and oxygen atoms in total. The molecule has 0 heterocycles. The van der Waals surface area contributed by atoms with E-state index in [1.54, 1.807) is 11.8 Å². The summed E-state index contributed by atoms with van der Waals surface area (Å²) < 4.78 is 0. The van der Waals surface area contributed by atoms with Gasteiger partial charge in [-0.2, -0.15) is 11.8 Å². The lowest BCUT2D eigenvalue weighted by molar-refractivity contribution is -0.120. The number of nitrogens with one attached hydrogen (secondary N) is 1. The number of hydrogen-bond donors (Lipinski definition) is 1. The summed E-state index contributed by atoms with van der Waals surface area (Å²) >= 11 is 1.69. The van der Waals surface area contributed by atoms with Gasteiger partial charge in [0.15, 0.2) is 0 Å². The molecule has 0 fully saturated rings. The van der Waals surface area contributed by atoms with Crippen molar-refractivity contribution in [2.75, 3.05) is 19.1 Å². The van der Waals surface area contributed by atoms with E-state index in [0.717, 1.165) is 5.75 Å². The second-order valence-electron chi connectivity index (χ2n) is 2.12. The van der Waals surface area contributed by atoms with Crippen molar-refractivity contribution in [1.82, 2.24) is 5.32 Å². The maximum atomic E-state index is 11.1. The zero-order valence-corrected chi connectivity index (χ0v) is 7.62. The van der Waals surface area contributed by atoms with Crippen molar-refractivity contribution in [2.45, 2.75) is 19.4 Å². The van der Waals surface area contributed by atoms with Gasteiger partial charge in [-0.1, -0.05) is 6.92 Å². The third-order valence-electron chi connectivity index (χ3n) is 1.42. The van der Waals surface area contributed by atoms with Crippen LogP contribution in [0, 0.1) is 0 Å². The molecule has 0 aromatic heterocycles.